The Bertz CT molecular complexity index is 487. The zero-order valence-electron chi connectivity index (χ0n) is 9.18. The van der Waals surface area contributed by atoms with Crippen LogP contribution in [0.1, 0.15) is 23.1 Å². The SMILES string of the molecule is Cc1cc(Br)cc(C(O)c2nccn2C)c1. The lowest BCUT2D eigenvalue weighted by atomic mass is 10.1. The molecule has 1 atom stereocenters. The third-order valence-electron chi connectivity index (χ3n) is 2.48. The molecule has 0 fully saturated rings. The molecule has 0 saturated carbocycles. The number of benzene rings is 1. The molecule has 3 nitrogen and oxygen atoms in total. The van der Waals surface area contributed by atoms with Crippen LogP contribution in [-0.4, -0.2) is 14.7 Å². The van der Waals surface area contributed by atoms with E-state index < -0.39 is 6.10 Å². The Balaban J connectivity index is 2.41. The molecule has 0 spiro atoms. The Kier molecular flexibility index (Phi) is 3.12. The summed E-state index contributed by atoms with van der Waals surface area (Å²) in [5, 5.41) is 10.2. The summed E-state index contributed by atoms with van der Waals surface area (Å²) >= 11 is 3.42. The molecule has 84 valence electrons. The molecule has 0 aliphatic carbocycles. The minimum absolute atomic E-state index is 0.650. The number of rotatable bonds is 2. The minimum atomic E-state index is -0.684. The summed E-state index contributed by atoms with van der Waals surface area (Å²) in [6, 6.07) is 5.88. The molecule has 4 heteroatoms. The van der Waals surface area contributed by atoms with Gasteiger partial charge in [-0.1, -0.05) is 22.0 Å². The molecule has 2 aromatic rings. The van der Waals surface area contributed by atoms with E-state index in [0.29, 0.717) is 5.82 Å². The topological polar surface area (TPSA) is 38.1 Å². The Morgan fingerprint density at radius 1 is 1.38 bits per heavy atom. The number of hydrogen-bond donors (Lipinski definition) is 1. The fourth-order valence-corrected chi connectivity index (χ4v) is 2.34. The molecular formula is C12H13BrN2O. The smallest absolute Gasteiger partial charge is 0.142 e. The third-order valence-corrected chi connectivity index (χ3v) is 2.94. The molecule has 0 amide bonds. The van der Waals surface area contributed by atoms with E-state index in [1.165, 1.54) is 0 Å². The van der Waals surface area contributed by atoms with Crippen molar-refractivity contribution in [3.63, 3.8) is 0 Å². The number of nitrogens with zero attached hydrogens (tertiary/aromatic N) is 2. The first-order valence-electron chi connectivity index (χ1n) is 5.00. The van der Waals surface area contributed by atoms with Crippen LogP contribution >= 0.6 is 15.9 Å². The zero-order chi connectivity index (χ0) is 11.7. The average Bonchev–Trinajstić information content (AvgIpc) is 2.62. The molecule has 0 bridgehead atoms. The van der Waals surface area contributed by atoms with Crippen LogP contribution in [0.4, 0.5) is 0 Å². The lowest BCUT2D eigenvalue weighted by molar-refractivity contribution is 0.206. The molecule has 1 aromatic carbocycles. The Morgan fingerprint density at radius 3 is 2.69 bits per heavy atom. The van der Waals surface area contributed by atoms with Crippen LogP contribution in [0.2, 0.25) is 0 Å². The van der Waals surface area contributed by atoms with Gasteiger partial charge in [-0.15, -0.1) is 0 Å². The summed E-state index contributed by atoms with van der Waals surface area (Å²) < 4.78 is 2.79. The van der Waals surface area contributed by atoms with Crippen molar-refractivity contribution >= 4 is 15.9 Å². The van der Waals surface area contributed by atoms with Crippen LogP contribution in [0.5, 0.6) is 0 Å². The standard InChI is InChI=1S/C12H13BrN2O/c1-8-5-9(7-10(13)6-8)11(16)12-14-3-4-15(12)2/h3-7,11,16H,1-2H3. The van der Waals surface area contributed by atoms with Gasteiger partial charge in [0.25, 0.3) is 0 Å². The maximum absolute atomic E-state index is 10.2. The highest BCUT2D eigenvalue weighted by atomic mass is 79.9. The Morgan fingerprint density at radius 2 is 2.12 bits per heavy atom. The molecule has 1 unspecified atom stereocenters. The number of imidazole rings is 1. The molecule has 1 N–H and O–H groups in total. The monoisotopic (exact) mass is 280 g/mol. The molecule has 1 heterocycles. The highest BCUT2D eigenvalue weighted by Gasteiger charge is 2.15. The van der Waals surface area contributed by atoms with Gasteiger partial charge in [-0.05, 0) is 30.2 Å². The number of aryl methyl sites for hydroxylation is 2. The average molecular weight is 281 g/mol. The predicted molar refractivity (Wildman–Crippen MR) is 66.1 cm³/mol. The van der Waals surface area contributed by atoms with Crippen molar-refractivity contribution in [2.45, 2.75) is 13.0 Å². The van der Waals surface area contributed by atoms with Gasteiger partial charge in [0, 0.05) is 23.9 Å². The number of hydrogen-bond acceptors (Lipinski definition) is 2. The summed E-state index contributed by atoms with van der Waals surface area (Å²) in [6.45, 7) is 2.00. The van der Waals surface area contributed by atoms with Crippen molar-refractivity contribution in [2.24, 2.45) is 7.05 Å². The van der Waals surface area contributed by atoms with Crippen molar-refractivity contribution in [1.82, 2.24) is 9.55 Å². The minimum Gasteiger partial charge on any atom is -0.380 e. The van der Waals surface area contributed by atoms with Crippen LogP contribution in [-0.2, 0) is 7.05 Å². The van der Waals surface area contributed by atoms with Gasteiger partial charge in [0.1, 0.15) is 11.9 Å². The predicted octanol–water partition coefficient (Wildman–Crippen LogP) is 2.57. The molecule has 0 radical (unpaired) electrons. The molecule has 2 rings (SSSR count). The second-order valence-corrected chi connectivity index (χ2v) is 4.78. The fourth-order valence-electron chi connectivity index (χ4n) is 1.71. The van der Waals surface area contributed by atoms with E-state index in [1.54, 1.807) is 6.20 Å². The highest BCUT2D eigenvalue weighted by Crippen LogP contribution is 2.24. The van der Waals surface area contributed by atoms with Gasteiger partial charge in [-0.3, -0.25) is 0 Å². The van der Waals surface area contributed by atoms with Crippen LogP contribution in [0.25, 0.3) is 0 Å². The fraction of sp³-hybridized carbons (Fsp3) is 0.250. The van der Waals surface area contributed by atoms with Gasteiger partial charge in [-0.2, -0.15) is 0 Å². The molecule has 1 aromatic heterocycles. The van der Waals surface area contributed by atoms with Gasteiger partial charge in [0.05, 0.1) is 0 Å². The Labute approximate surface area is 103 Å². The molecule has 0 aliphatic heterocycles. The Hall–Kier alpha value is -1.13. The van der Waals surface area contributed by atoms with Gasteiger partial charge >= 0.3 is 0 Å². The van der Waals surface area contributed by atoms with E-state index in [4.69, 9.17) is 0 Å². The zero-order valence-corrected chi connectivity index (χ0v) is 10.8. The molecule has 0 saturated heterocycles. The summed E-state index contributed by atoms with van der Waals surface area (Å²) in [5.74, 6) is 0.650. The van der Waals surface area contributed by atoms with Gasteiger partial charge < -0.3 is 9.67 Å². The van der Waals surface area contributed by atoms with Crippen molar-refractivity contribution < 1.29 is 5.11 Å². The van der Waals surface area contributed by atoms with Crippen LogP contribution in [0.3, 0.4) is 0 Å². The van der Waals surface area contributed by atoms with Crippen LogP contribution in [0.15, 0.2) is 35.1 Å². The first-order chi connectivity index (χ1) is 7.58. The normalized spacial score (nSPS) is 12.8. The van der Waals surface area contributed by atoms with E-state index in [2.05, 4.69) is 20.9 Å². The number of halogens is 1. The third kappa shape index (κ3) is 2.18. The molecular weight excluding hydrogens is 268 g/mol. The molecule has 16 heavy (non-hydrogen) atoms. The van der Waals surface area contributed by atoms with E-state index in [1.807, 2.05) is 42.9 Å². The second-order valence-electron chi connectivity index (χ2n) is 3.86. The van der Waals surface area contributed by atoms with Crippen molar-refractivity contribution in [2.75, 3.05) is 0 Å². The quantitative estimate of drug-likeness (QED) is 0.918. The summed E-state index contributed by atoms with van der Waals surface area (Å²) in [5.41, 5.74) is 1.96. The molecule has 0 aliphatic rings. The van der Waals surface area contributed by atoms with Gasteiger partial charge in [0.15, 0.2) is 0 Å². The maximum Gasteiger partial charge on any atom is 0.142 e. The van der Waals surface area contributed by atoms with Gasteiger partial charge in [0.2, 0.25) is 0 Å². The first kappa shape index (κ1) is 11.4. The lowest BCUT2D eigenvalue weighted by Gasteiger charge is -2.12. The number of aliphatic hydroxyl groups excluding tert-OH is 1. The summed E-state index contributed by atoms with van der Waals surface area (Å²) in [4.78, 5) is 4.15. The summed E-state index contributed by atoms with van der Waals surface area (Å²) in [7, 11) is 1.87. The second kappa shape index (κ2) is 4.39. The van der Waals surface area contributed by atoms with E-state index in [-0.39, 0.29) is 0 Å². The number of aliphatic hydroxyl groups is 1. The van der Waals surface area contributed by atoms with Gasteiger partial charge in [-0.25, -0.2) is 4.98 Å². The largest absolute Gasteiger partial charge is 0.380 e. The lowest BCUT2D eigenvalue weighted by Crippen LogP contribution is -2.07. The maximum atomic E-state index is 10.2. The van der Waals surface area contributed by atoms with Crippen molar-refractivity contribution in [3.05, 3.63) is 52.0 Å². The van der Waals surface area contributed by atoms with Crippen LogP contribution in [0, 0.1) is 6.92 Å². The van der Waals surface area contributed by atoms with Crippen molar-refractivity contribution in [1.29, 1.82) is 0 Å². The highest BCUT2D eigenvalue weighted by molar-refractivity contribution is 9.10. The van der Waals surface area contributed by atoms with E-state index >= 15 is 0 Å². The first-order valence-corrected chi connectivity index (χ1v) is 5.79. The van der Waals surface area contributed by atoms with E-state index in [9.17, 15) is 5.11 Å². The summed E-state index contributed by atoms with van der Waals surface area (Å²) in [6.07, 6.45) is 2.82. The number of aromatic nitrogens is 2. The van der Waals surface area contributed by atoms with Crippen molar-refractivity contribution in [3.8, 4) is 0 Å². The van der Waals surface area contributed by atoms with E-state index in [0.717, 1.165) is 15.6 Å². The van der Waals surface area contributed by atoms with Crippen LogP contribution < -0.4 is 0 Å².